The molecular formula is C12H24N2O3S. The Kier molecular flexibility index (Phi) is 5.00. The Hall–Kier alpha value is -0.170. The van der Waals surface area contributed by atoms with Gasteiger partial charge in [0.15, 0.2) is 0 Å². The second-order valence-corrected chi connectivity index (χ2v) is 7.38. The summed E-state index contributed by atoms with van der Waals surface area (Å²) in [5, 5.41) is 3.65. The molecule has 2 saturated heterocycles. The highest BCUT2D eigenvalue weighted by atomic mass is 32.2. The molecule has 0 amide bonds. The molecule has 2 heterocycles. The van der Waals surface area contributed by atoms with Crippen LogP contribution in [0.5, 0.6) is 0 Å². The van der Waals surface area contributed by atoms with Crippen LogP contribution in [0.4, 0.5) is 0 Å². The summed E-state index contributed by atoms with van der Waals surface area (Å²) in [5.41, 5.74) is 0. The van der Waals surface area contributed by atoms with Gasteiger partial charge in [-0.05, 0) is 32.6 Å². The maximum atomic E-state index is 11.7. The van der Waals surface area contributed by atoms with Gasteiger partial charge in [0.05, 0.1) is 5.75 Å². The van der Waals surface area contributed by atoms with E-state index in [1.165, 1.54) is 0 Å². The lowest BCUT2D eigenvalue weighted by Crippen LogP contribution is -2.49. The quantitative estimate of drug-likeness (QED) is 0.815. The van der Waals surface area contributed by atoms with Crippen molar-refractivity contribution in [1.82, 2.24) is 9.62 Å². The van der Waals surface area contributed by atoms with E-state index in [0.29, 0.717) is 25.2 Å². The molecule has 0 radical (unpaired) electrons. The molecule has 0 bridgehead atoms. The second-order valence-electron chi connectivity index (χ2n) is 5.13. The molecule has 18 heavy (non-hydrogen) atoms. The Labute approximate surface area is 110 Å². The Bertz CT molecular complexity index is 344. The lowest BCUT2D eigenvalue weighted by atomic mass is 10.0. The third-order valence-corrected chi connectivity index (χ3v) is 5.79. The van der Waals surface area contributed by atoms with Gasteiger partial charge in [-0.3, -0.25) is 0 Å². The van der Waals surface area contributed by atoms with E-state index in [9.17, 15) is 8.42 Å². The minimum Gasteiger partial charge on any atom is -0.381 e. The molecule has 2 fully saturated rings. The fourth-order valence-electron chi connectivity index (χ4n) is 2.68. The first-order valence-corrected chi connectivity index (χ1v) is 8.54. The van der Waals surface area contributed by atoms with Crippen molar-refractivity contribution < 1.29 is 13.2 Å². The van der Waals surface area contributed by atoms with Gasteiger partial charge in [0.2, 0.25) is 10.0 Å². The largest absolute Gasteiger partial charge is 0.381 e. The number of piperidine rings is 1. The molecule has 0 saturated carbocycles. The van der Waals surface area contributed by atoms with Crippen LogP contribution in [0.1, 0.15) is 32.6 Å². The van der Waals surface area contributed by atoms with Crippen molar-refractivity contribution in [3.8, 4) is 0 Å². The number of rotatable bonds is 4. The van der Waals surface area contributed by atoms with Crippen molar-refractivity contribution in [2.45, 2.75) is 44.7 Å². The van der Waals surface area contributed by atoms with Crippen LogP contribution in [-0.2, 0) is 14.8 Å². The SMILES string of the molecule is CCS(=O)(=O)N1CCC(NC2CCOCC2)CC1. The van der Waals surface area contributed by atoms with Gasteiger partial charge in [-0.1, -0.05) is 0 Å². The number of sulfonamides is 1. The van der Waals surface area contributed by atoms with Crippen LogP contribution in [0.2, 0.25) is 0 Å². The van der Waals surface area contributed by atoms with E-state index in [-0.39, 0.29) is 5.75 Å². The third-order valence-electron chi connectivity index (χ3n) is 3.90. The van der Waals surface area contributed by atoms with Crippen LogP contribution in [-0.4, -0.2) is 56.9 Å². The Morgan fingerprint density at radius 1 is 1.11 bits per heavy atom. The average Bonchev–Trinajstić information content (AvgIpc) is 2.40. The lowest BCUT2D eigenvalue weighted by Gasteiger charge is -2.34. The van der Waals surface area contributed by atoms with Gasteiger partial charge < -0.3 is 10.1 Å². The number of nitrogens with zero attached hydrogens (tertiary/aromatic N) is 1. The van der Waals surface area contributed by atoms with Crippen LogP contribution >= 0.6 is 0 Å². The summed E-state index contributed by atoms with van der Waals surface area (Å²) in [6.45, 7) is 4.73. The molecule has 6 heteroatoms. The van der Waals surface area contributed by atoms with Gasteiger partial charge in [0.25, 0.3) is 0 Å². The molecule has 0 atom stereocenters. The first kappa shape index (κ1) is 14.2. The molecule has 5 nitrogen and oxygen atoms in total. The van der Waals surface area contributed by atoms with Crippen molar-refractivity contribution in [3.63, 3.8) is 0 Å². The van der Waals surface area contributed by atoms with E-state index >= 15 is 0 Å². The number of ether oxygens (including phenoxy) is 1. The van der Waals surface area contributed by atoms with E-state index < -0.39 is 10.0 Å². The highest BCUT2D eigenvalue weighted by Crippen LogP contribution is 2.16. The number of hydrogen-bond acceptors (Lipinski definition) is 4. The van der Waals surface area contributed by atoms with Crippen molar-refractivity contribution in [2.24, 2.45) is 0 Å². The molecule has 0 aromatic carbocycles. The topological polar surface area (TPSA) is 58.6 Å². The molecular weight excluding hydrogens is 252 g/mol. The van der Waals surface area contributed by atoms with E-state index in [2.05, 4.69) is 5.32 Å². The molecule has 2 aliphatic heterocycles. The zero-order valence-electron chi connectivity index (χ0n) is 11.1. The summed E-state index contributed by atoms with van der Waals surface area (Å²) in [6.07, 6.45) is 4.01. The third kappa shape index (κ3) is 3.66. The number of hydrogen-bond donors (Lipinski definition) is 1. The molecule has 0 aliphatic carbocycles. The maximum absolute atomic E-state index is 11.7. The van der Waals surface area contributed by atoms with Crippen molar-refractivity contribution in [3.05, 3.63) is 0 Å². The van der Waals surface area contributed by atoms with Gasteiger partial charge in [0, 0.05) is 38.4 Å². The van der Waals surface area contributed by atoms with Crippen LogP contribution in [0.15, 0.2) is 0 Å². The molecule has 1 N–H and O–H groups in total. The molecule has 2 aliphatic rings. The fraction of sp³-hybridized carbons (Fsp3) is 1.00. The standard InChI is InChI=1S/C12H24N2O3S/c1-2-18(15,16)14-7-3-11(4-8-14)13-12-5-9-17-10-6-12/h11-13H,2-10H2,1H3. The monoisotopic (exact) mass is 276 g/mol. The molecule has 0 aromatic heterocycles. The molecule has 0 spiro atoms. The van der Waals surface area contributed by atoms with Gasteiger partial charge >= 0.3 is 0 Å². The second kappa shape index (κ2) is 6.32. The van der Waals surface area contributed by atoms with Gasteiger partial charge in [-0.15, -0.1) is 0 Å². The maximum Gasteiger partial charge on any atom is 0.213 e. The van der Waals surface area contributed by atoms with E-state index in [1.54, 1.807) is 11.2 Å². The summed E-state index contributed by atoms with van der Waals surface area (Å²) in [6, 6.07) is 1.02. The normalized spacial score (nSPS) is 25.4. The highest BCUT2D eigenvalue weighted by molar-refractivity contribution is 7.89. The van der Waals surface area contributed by atoms with Crippen LogP contribution < -0.4 is 5.32 Å². The van der Waals surface area contributed by atoms with Gasteiger partial charge in [-0.2, -0.15) is 0 Å². The minimum atomic E-state index is -2.99. The summed E-state index contributed by atoms with van der Waals surface area (Å²) < 4.78 is 30.5. The lowest BCUT2D eigenvalue weighted by molar-refractivity contribution is 0.0725. The fourth-order valence-corrected chi connectivity index (χ4v) is 3.81. The zero-order chi connectivity index (χ0) is 13.0. The molecule has 2 rings (SSSR count). The van der Waals surface area contributed by atoms with Crippen LogP contribution in [0.25, 0.3) is 0 Å². The van der Waals surface area contributed by atoms with Crippen LogP contribution in [0.3, 0.4) is 0 Å². The van der Waals surface area contributed by atoms with Crippen LogP contribution in [0, 0.1) is 0 Å². The first-order chi connectivity index (χ1) is 8.62. The highest BCUT2D eigenvalue weighted by Gasteiger charge is 2.28. The molecule has 106 valence electrons. The number of nitrogens with one attached hydrogen (secondary N) is 1. The molecule has 0 aromatic rings. The van der Waals surface area contributed by atoms with E-state index in [4.69, 9.17) is 4.74 Å². The van der Waals surface area contributed by atoms with Gasteiger partial charge in [-0.25, -0.2) is 12.7 Å². The van der Waals surface area contributed by atoms with E-state index in [1.807, 2.05) is 0 Å². The Balaban J connectivity index is 1.76. The van der Waals surface area contributed by atoms with Crippen molar-refractivity contribution in [2.75, 3.05) is 32.1 Å². The summed E-state index contributed by atoms with van der Waals surface area (Å²) in [7, 11) is -2.99. The van der Waals surface area contributed by atoms with E-state index in [0.717, 1.165) is 38.9 Å². The van der Waals surface area contributed by atoms with Crippen molar-refractivity contribution in [1.29, 1.82) is 0 Å². The summed E-state index contributed by atoms with van der Waals surface area (Å²) >= 11 is 0. The predicted octanol–water partition coefficient (Wildman–Crippen LogP) is 0.569. The Morgan fingerprint density at radius 3 is 2.22 bits per heavy atom. The summed E-state index contributed by atoms with van der Waals surface area (Å²) in [4.78, 5) is 0. The average molecular weight is 276 g/mol. The zero-order valence-corrected chi connectivity index (χ0v) is 11.9. The smallest absolute Gasteiger partial charge is 0.213 e. The van der Waals surface area contributed by atoms with Crippen molar-refractivity contribution >= 4 is 10.0 Å². The van der Waals surface area contributed by atoms with Gasteiger partial charge in [0.1, 0.15) is 0 Å². The Morgan fingerprint density at radius 2 is 1.67 bits per heavy atom. The molecule has 0 unspecified atom stereocenters. The first-order valence-electron chi connectivity index (χ1n) is 6.93. The minimum absolute atomic E-state index is 0.213. The summed E-state index contributed by atoms with van der Waals surface area (Å²) in [5.74, 6) is 0.213. The predicted molar refractivity (Wildman–Crippen MR) is 71.0 cm³/mol.